The third-order valence-electron chi connectivity index (χ3n) is 6.66. The highest BCUT2D eigenvalue weighted by molar-refractivity contribution is 5.93. The average Bonchev–Trinajstić information content (AvgIpc) is 3.43. The van der Waals surface area contributed by atoms with Crippen molar-refractivity contribution in [1.29, 1.82) is 0 Å². The Hall–Kier alpha value is -3.79. The van der Waals surface area contributed by atoms with Crippen LogP contribution in [-0.2, 0) is 14.3 Å². The van der Waals surface area contributed by atoms with Crippen molar-refractivity contribution in [2.45, 2.75) is 56.5 Å². The summed E-state index contributed by atoms with van der Waals surface area (Å²) < 4.78 is 5.63. The fourth-order valence-corrected chi connectivity index (χ4v) is 4.92. The van der Waals surface area contributed by atoms with Crippen molar-refractivity contribution in [1.82, 2.24) is 10.6 Å². The maximum absolute atomic E-state index is 13.1. The van der Waals surface area contributed by atoms with E-state index in [1.54, 1.807) is 6.92 Å². The van der Waals surface area contributed by atoms with Crippen LogP contribution in [0.1, 0.15) is 56.1 Å². The number of amides is 2. The van der Waals surface area contributed by atoms with Crippen LogP contribution in [0.15, 0.2) is 48.5 Å². The molecule has 2 aromatic rings. The van der Waals surface area contributed by atoms with Gasteiger partial charge in [0.1, 0.15) is 18.2 Å². The summed E-state index contributed by atoms with van der Waals surface area (Å²) in [5.74, 6) is 3.57. The summed E-state index contributed by atoms with van der Waals surface area (Å²) in [6.07, 6.45) is 1.68. The molecular weight excluding hydrogens is 432 g/mol. The Bertz CT molecular complexity index is 1110. The van der Waals surface area contributed by atoms with Crippen molar-refractivity contribution in [2.75, 3.05) is 6.61 Å². The van der Waals surface area contributed by atoms with E-state index in [0.29, 0.717) is 12.8 Å². The lowest BCUT2D eigenvalue weighted by atomic mass is 9.95. The molecule has 1 unspecified atom stereocenters. The molecule has 4 rings (SSSR count). The molecule has 0 aromatic heterocycles. The molecule has 34 heavy (non-hydrogen) atoms. The van der Waals surface area contributed by atoms with Crippen molar-refractivity contribution >= 4 is 18.0 Å². The molecule has 7 nitrogen and oxygen atoms in total. The maximum atomic E-state index is 13.1. The number of carbonyl (C=O) groups is 3. The number of benzene rings is 2. The molecule has 176 valence electrons. The topological polar surface area (TPSA) is 105 Å². The minimum atomic E-state index is -1.18. The molecule has 2 aliphatic rings. The monoisotopic (exact) mass is 460 g/mol. The zero-order chi connectivity index (χ0) is 24.1. The van der Waals surface area contributed by atoms with Gasteiger partial charge in [-0.3, -0.25) is 4.79 Å². The van der Waals surface area contributed by atoms with Gasteiger partial charge in [-0.25, -0.2) is 9.59 Å². The highest BCUT2D eigenvalue weighted by Crippen LogP contribution is 2.44. The van der Waals surface area contributed by atoms with Gasteiger partial charge in [0.15, 0.2) is 0 Å². The van der Waals surface area contributed by atoms with Crippen LogP contribution in [0.25, 0.3) is 11.1 Å². The van der Waals surface area contributed by atoms with Crippen molar-refractivity contribution in [2.24, 2.45) is 0 Å². The standard InChI is InChI=1S/C27H28N2O5/c1-2-3-14-23(24(30)31)28-25(32)27(15-8-9-16-27)29-26(33)34-17-22-20-12-6-4-10-18(20)19-11-5-7-13-21(19)22/h4-7,10-13,22-23H,8-9,14-17H2,1H3,(H,28,32)(H,29,33)(H,30,31). The molecule has 0 radical (unpaired) electrons. The third-order valence-corrected chi connectivity index (χ3v) is 6.66. The second-order valence-corrected chi connectivity index (χ2v) is 8.73. The van der Waals surface area contributed by atoms with Gasteiger partial charge in [0.05, 0.1) is 0 Å². The van der Waals surface area contributed by atoms with E-state index in [1.165, 1.54) is 0 Å². The highest BCUT2D eigenvalue weighted by Gasteiger charge is 2.44. The van der Waals surface area contributed by atoms with Crippen molar-refractivity contribution in [3.05, 3.63) is 59.7 Å². The Balaban J connectivity index is 1.44. The van der Waals surface area contributed by atoms with Gasteiger partial charge in [-0.15, -0.1) is 11.8 Å². The number of carboxylic acid groups (broad SMARTS) is 1. The second kappa shape index (κ2) is 10.0. The van der Waals surface area contributed by atoms with Crippen molar-refractivity contribution in [3.8, 4) is 23.0 Å². The van der Waals surface area contributed by atoms with E-state index in [1.807, 2.05) is 36.4 Å². The average molecular weight is 461 g/mol. The van der Waals surface area contributed by atoms with Gasteiger partial charge < -0.3 is 20.5 Å². The van der Waals surface area contributed by atoms with Crippen LogP contribution in [-0.4, -0.2) is 41.3 Å². The number of hydrogen-bond acceptors (Lipinski definition) is 4. The Morgan fingerprint density at radius 2 is 1.65 bits per heavy atom. The number of fused-ring (bicyclic) bond motifs is 3. The predicted octanol–water partition coefficient (Wildman–Crippen LogP) is 3.82. The molecular formula is C27H28N2O5. The first-order valence-electron chi connectivity index (χ1n) is 11.5. The molecule has 0 saturated heterocycles. The van der Waals surface area contributed by atoms with Crippen LogP contribution in [0.4, 0.5) is 4.79 Å². The SMILES string of the molecule is CC#CCC(NC(=O)C1(NC(=O)OCC2c3ccccc3-c3ccccc32)CCCC1)C(=O)O. The largest absolute Gasteiger partial charge is 0.480 e. The number of aliphatic carboxylic acids is 1. The van der Waals surface area contributed by atoms with Crippen LogP contribution in [0, 0.1) is 11.8 Å². The molecule has 3 N–H and O–H groups in total. The summed E-state index contributed by atoms with van der Waals surface area (Å²) >= 11 is 0. The summed E-state index contributed by atoms with van der Waals surface area (Å²) in [7, 11) is 0. The molecule has 1 atom stereocenters. The summed E-state index contributed by atoms with van der Waals surface area (Å²) in [6, 6.07) is 15.0. The van der Waals surface area contributed by atoms with E-state index in [-0.39, 0.29) is 18.9 Å². The fraction of sp³-hybridized carbons (Fsp3) is 0.370. The van der Waals surface area contributed by atoms with Crippen LogP contribution >= 0.6 is 0 Å². The number of carboxylic acids is 1. The number of rotatable bonds is 7. The number of ether oxygens (including phenoxy) is 1. The van der Waals surface area contributed by atoms with Gasteiger partial charge in [0, 0.05) is 12.3 Å². The van der Waals surface area contributed by atoms with Gasteiger partial charge in [0.25, 0.3) is 0 Å². The highest BCUT2D eigenvalue weighted by atomic mass is 16.5. The number of carbonyl (C=O) groups excluding carboxylic acids is 2. The summed E-state index contributed by atoms with van der Waals surface area (Å²) in [5, 5.41) is 14.7. The van der Waals surface area contributed by atoms with Crippen LogP contribution < -0.4 is 10.6 Å². The van der Waals surface area contributed by atoms with E-state index in [9.17, 15) is 19.5 Å². The lowest BCUT2D eigenvalue weighted by Gasteiger charge is -2.30. The molecule has 2 aliphatic carbocycles. The Morgan fingerprint density at radius 3 is 2.21 bits per heavy atom. The van der Waals surface area contributed by atoms with Gasteiger partial charge >= 0.3 is 12.1 Å². The minimum Gasteiger partial charge on any atom is -0.480 e. The Morgan fingerprint density at radius 1 is 1.06 bits per heavy atom. The zero-order valence-corrected chi connectivity index (χ0v) is 19.1. The maximum Gasteiger partial charge on any atom is 0.408 e. The van der Waals surface area contributed by atoms with Gasteiger partial charge in [0.2, 0.25) is 5.91 Å². The molecule has 0 heterocycles. The van der Waals surface area contributed by atoms with E-state index in [0.717, 1.165) is 35.1 Å². The van der Waals surface area contributed by atoms with Crippen LogP contribution in [0.5, 0.6) is 0 Å². The first kappa shape index (κ1) is 23.4. The summed E-state index contributed by atoms with van der Waals surface area (Å²) in [6.45, 7) is 1.75. The predicted molar refractivity (Wildman–Crippen MR) is 127 cm³/mol. The molecule has 2 amide bonds. The zero-order valence-electron chi connectivity index (χ0n) is 19.1. The van der Waals surface area contributed by atoms with E-state index < -0.39 is 29.6 Å². The second-order valence-electron chi connectivity index (χ2n) is 8.73. The third kappa shape index (κ3) is 4.62. The summed E-state index contributed by atoms with van der Waals surface area (Å²) in [4.78, 5) is 37.4. The molecule has 0 aliphatic heterocycles. The molecule has 7 heteroatoms. The fourth-order valence-electron chi connectivity index (χ4n) is 4.92. The smallest absolute Gasteiger partial charge is 0.408 e. The van der Waals surface area contributed by atoms with Crippen LogP contribution in [0.3, 0.4) is 0 Å². The lowest BCUT2D eigenvalue weighted by Crippen LogP contribution is -2.59. The van der Waals surface area contributed by atoms with Crippen molar-refractivity contribution < 1.29 is 24.2 Å². The van der Waals surface area contributed by atoms with E-state index in [4.69, 9.17) is 4.74 Å². The Labute approximate surface area is 198 Å². The molecule has 0 spiro atoms. The summed E-state index contributed by atoms with van der Waals surface area (Å²) in [5.41, 5.74) is 3.29. The molecule has 2 aromatic carbocycles. The molecule has 1 fully saturated rings. The lowest BCUT2D eigenvalue weighted by molar-refractivity contribution is -0.142. The number of nitrogens with one attached hydrogen (secondary N) is 2. The molecule has 1 saturated carbocycles. The van der Waals surface area contributed by atoms with Crippen molar-refractivity contribution in [3.63, 3.8) is 0 Å². The Kier molecular flexibility index (Phi) is 6.87. The van der Waals surface area contributed by atoms with Gasteiger partial charge in [-0.05, 0) is 42.0 Å². The first-order chi connectivity index (χ1) is 16.4. The van der Waals surface area contributed by atoms with Gasteiger partial charge in [-0.2, -0.15) is 0 Å². The van der Waals surface area contributed by atoms with E-state index >= 15 is 0 Å². The van der Waals surface area contributed by atoms with E-state index in [2.05, 4.69) is 34.6 Å². The number of alkyl carbamates (subject to hydrolysis) is 1. The van der Waals surface area contributed by atoms with Gasteiger partial charge in [-0.1, -0.05) is 61.4 Å². The number of hydrogen-bond donors (Lipinski definition) is 3. The molecule has 0 bridgehead atoms. The first-order valence-corrected chi connectivity index (χ1v) is 11.5. The quantitative estimate of drug-likeness (QED) is 0.545. The minimum absolute atomic E-state index is 0.00139. The van der Waals surface area contributed by atoms with Crippen LogP contribution in [0.2, 0.25) is 0 Å². The normalized spacial score (nSPS) is 16.4.